The summed E-state index contributed by atoms with van der Waals surface area (Å²) in [5.41, 5.74) is 0.809. The minimum atomic E-state index is -0.299. The number of benzene rings is 1. The number of nitrogens with one attached hydrogen (secondary N) is 1. The van der Waals surface area contributed by atoms with Gasteiger partial charge in [-0.15, -0.1) is 0 Å². The third-order valence-electron chi connectivity index (χ3n) is 5.32. The smallest absolute Gasteiger partial charge is 0.306 e. The van der Waals surface area contributed by atoms with Crippen molar-refractivity contribution in [2.75, 3.05) is 11.9 Å². The van der Waals surface area contributed by atoms with Crippen molar-refractivity contribution < 1.29 is 19.1 Å². The van der Waals surface area contributed by atoms with Crippen LogP contribution in [0.2, 0.25) is 0 Å². The van der Waals surface area contributed by atoms with Crippen molar-refractivity contribution in [3.8, 4) is 5.75 Å². The maximum atomic E-state index is 12.2. The molecule has 0 saturated heterocycles. The maximum absolute atomic E-state index is 12.2. The molecule has 1 amide bonds. The van der Waals surface area contributed by atoms with Crippen molar-refractivity contribution in [1.82, 2.24) is 4.98 Å². The molecule has 1 saturated carbocycles. The quantitative estimate of drug-likeness (QED) is 0.672. The molecule has 0 spiro atoms. The monoisotopic (exact) mass is 404 g/mol. The van der Waals surface area contributed by atoms with Crippen LogP contribution in [0.5, 0.6) is 5.75 Å². The lowest BCUT2D eigenvalue weighted by atomic mass is 9.80. The molecule has 1 aliphatic carbocycles. The summed E-state index contributed by atoms with van der Waals surface area (Å²) in [6, 6.07) is 5.64. The van der Waals surface area contributed by atoms with Crippen LogP contribution in [-0.4, -0.2) is 29.6 Å². The Morgan fingerprint density at radius 2 is 2.04 bits per heavy atom. The molecule has 0 bridgehead atoms. The van der Waals surface area contributed by atoms with Crippen LogP contribution in [0.15, 0.2) is 18.2 Å². The van der Waals surface area contributed by atoms with E-state index in [-0.39, 0.29) is 30.8 Å². The summed E-state index contributed by atoms with van der Waals surface area (Å²) in [6.45, 7) is 6.98. The number of fused-ring (bicyclic) bond motifs is 1. The van der Waals surface area contributed by atoms with Gasteiger partial charge in [-0.25, -0.2) is 4.98 Å². The second-order valence-electron chi connectivity index (χ2n) is 7.51. The summed E-state index contributed by atoms with van der Waals surface area (Å²) in [7, 11) is 0. The predicted octanol–water partition coefficient (Wildman–Crippen LogP) is 4.78. The van der Waals surface area contributed by atoms with Gasteiger partial charge in [0.25, 0.3) is 0 Å². The van der Waals surface area contributed by atoms with Crippen LogP contribution in [0.1, 0.15) is 52.9 Å². The van der Waals surface area contributed by atoms with Gasteiger partial charge in [-0.1, -0.05) is 25.2 Å². The lowest BCUT2D eigenvalue weighted by molar-refractivity contribution is -0.152. The first-order chi connectivity index (χ1) is 13.4. The largest absolute Gasteiger partial charge is 0.494 e. The Bertz CT molecular complexity index is 835. The van der Waals surface area contributed by atoms with Crippen LogP contribution in [0.25, 0.3) is 10.2 Å². The second-order valence-corrected chi connectivity index (χ2v) is 8.54. The van der Waals surface area contributed by atoms with E-state index in [0.717, 1.165) is 35.2 Å². The van der Waals surface area contributed by atoms with Crippen LogP contribution in [0.3, 0.4) is 0 Å². The van der Waals surface area contributed by atoms with E-state index in [0.29, 0.717) is 23.6 Å². The average Bonchev–Trinajstić information content (AvgIpc) is 3.05. The molecule has 0 radical (unpaired) electrons. The molecule has 1 aromatic heterocycles. The Labute approximate surface area is 169 Å². The van der Waals surface area contributed by atoms with Crippen LogP contribution in [-0.2, 0) is 14.3 Å². The van der Waals surface area contributed by atoms with Gasteiger partial charge < -0.3 is 14.8 Å². The number of esters is 1. The molecule has 7 heteroatoms. The number of hydrogen-bond acceptors (Lipinski definition) is 6. The zero-order valence-corrected chi connectivity index (χ0v) is 17.5. The minimum Gasteiger partial charge on any atom is -0.494 e. The van der Waals surface area contributed by atoms with E-state index in [1.54, 1.807) is 0 Å². The summed E-state index contributed by atoms with van der Waals surface area (Å²) in [6.07, 6.45) is 3.09. The second kappa shape index (κ2) is 9.37. The lowest BCUT2D eigenvalue weighted by Crippen LogP contribution is -2.29. The summed E-state index contributed by atoms with van der Waals surface area (Å²) in [5, 5.41) is 3.30. The number of nitrogens with zero attached hydrogens (tertiary/aromatic N) is 1. The van der Waals surface area contributed by atoms with Crippen molar-refractivity contribution in [3.63, 3.8) is 0 Å². The maximum Gasteiger partial charge on any atom is 0.306 e. The van der Waals surface area contributed by atoms with Crippen molar-refractivity contribution >= 4 is 38.6 Å². The molecule has 0 aliphatic heterocycles. The van der Waals surface area contributed by atoms with E-state index in [9.17, 15) is 9.59 Å². The SMILES string of the molecule is CCOc1ccc2nc(NC(=O)CCC(=O)O[C@@H]3CC[C@@H](C)[C@H](C)C3)sc2c1. The molecule has 28 heavy (non-hydrogen) atoms. The first kappa shape index (κ1) is 20.6. The molecule has 3 atom stereocenters. The van der Waals surface area contributed by atoms with Gasteiger partial charge in [-0.05, 0) is 56.2 Å². The topological polar surface area (TPSA) is 77.5 Å². The number of amides is 1. The standard InChI is InChI=1S/C21H28N2O4S/c1-4-26-15-7-8-17-18(12-15)28-21(22-17)23-19(24)9-10-20(25)27-16-6-5-13(2)14(3)11-16/h7-8,12-14,16H,4-6,9-11H2,1-3H3,(H,22,23,24)/t13-,14-,16-/m1/s1. The molecule has 152 valence electrons. The summed E-state index contributed by atoms with van der Waals surface area (Å²) in [4.78, 5) is 28.6. The van der Waals surface area contributed by atoms with E-state index < -0.39 is 0 Å². The lowest BCUT2D eigenvalue weighted by Gasteiger charge is -2.31. The average molecular weight is 405 g/mol. The Balaban J connectivity index is 1.46. The van der Waals surface area contributed by atoms with Gasteiger partial charge in [0, 0.05) is 6.42 Å². The number of ether oxygens (including phenoxy) is 2. The summed E-state index contributed by atoms with van der Waals surface area (Å²) in [5.74, 6) is 1.50. The van der Waals surface area contributed by atoms with Gasteiger partial charge in [0.2, 0.25) is 5.91 Å². The number of aromatic nitrogens is 1. The highest BCUT2D eigenvalue weighted by Gasteiger charge is 2.27. The molecule has 2 aromatic rings. The fourth-order valence-corrected chi connectivity index (χ4v) is 4.37. The van der Waals surface area contributed by atoms with E-state index in [1.807, 2.05) is 25.1 Å². The molecule has 1 aromatic carbocycles. The van der Waals surface area contributed by atoms with Gasteiger partial charge in [-0.3, -0.25) is 9.59 Å². The first-order valence-corrected chi connectivity index (χ1v) is 10.8. The number of carbonyl (C=O) groups is 2. The fourth-order valence-electron chi connectivity index (χ4n) is 3.46. The zero-order chi connectivity index (χ0) is 20.1. The van der Waals surface area contributed by atoms with Gasteiger partial charge >= 0.3 is 5.97 Å². The fraction of sp³-hybridized carbons (Fsp3) is 0.571. The molecule has 3 rings (SSSR count). The highest BCUT2D eigenvalue weighted by atomic mass is 32.1. The Hall–Kier alpha value is -2.15. The Morgan fingerprint density at radius 1 is 1.21 bits per heavy atom. The molecule has 1 N–H and O–H groups in total. The normalized spacial score (nSPS) is 22.0. The predicted molar refractivity (Wildman–Crippen MR) is 111 cm³/mol. The van der Waals surface area contributed by atoms with E-state index >= 15 is 0 Å². The van der Waals surface area contributed by atoms with Gasteiger partial charge in [0.05, 0.1) is 23.2 Å². The van der Waals surface area contributed by atoms with Crippen molar-refractivity contribution in [2.24, 2.45) is 11.8 Å². The molecule has 6 nitrogen and oxygen atoms in total. The molecular weight excluding hydrogens is 376 g/mol. The Kier molecular flexibility index (Phi) is 6.88. The number of carbonyl (C=O) groups excluding carboxylic acids is 2. The number of hydrogen-bond donors (Lipinski definition) is 1. The van der Waals surface area contributed by atoms with Crippen LogP contribution >= 0.6 is 11.3 Å². The van der Waals surface area contributed by atoms with Crippen molar-refractivity contribution in [3.05, 3.63) is 18.2 Å². The third-order valence-corrected chi connectivity index (χ3v) is 6.26. The first-order valence-electron chi connectivity index (χ1n) is 9.97. The molecule has 1 aliphatic rings. The molecule has 1 heterocycles. The highest BCUT2D eigenvalue weighted by molar-refractivity contribution is 7.22. The summed E-state index contributed by atoms with van der Waals surface area (Å²) < 4.78 is 12.0. The zero-order valence-electron chi connectivity index (χ0n) is 16.7. The number of thiazole rings is 1. The van der Waals surface area contributed by atoms with Crippen LogP contribution in [0, 0.1) is 11.8 Å². The highest BCUT2D eigenvalue weighted by Crippen LogP contribution is 2.31. The molecular formula is C21H28N2O4S. The Morgan fingerprint density at radius 3 is 2.79 bits per heavy atom. The van der Waals surface area contributed by atoms with Crippen molar-refractivity contribution in [1.29, 1.82) is 0 Å². The van der Waals surface area contributed by atoms with Gasteiger partial charge in [0.15, 0.2) is 5.13 Å². The molecule has 0 unspecified atom stereocenters. The molecule has 1 fully saturated rings. The number of rotatable bonds is 7. The third kappa shape index (κ3) is 5.44. The van der Waals surface area contributed by atoms with Crippen molar-refractivity contribution in [2.45, 2.75) is 59.0 Å². The van der Waals surface area contributed by atoms with E-state index in [1.165, 1.54) is 11.3 Å². The number of anilines is 1. The van der Waals surface area contributed by atoms with E-state index in [4.69, 9.17) is 9.47 Å². The van der Waals surface area contributed by atoms with Crippen LogP contribution in [0.4, 0.5) is 5.13 Å². The minimum absolute atomic E-state index is 0.00874. The summed E-state index contributed by atoms with van der Waals surface area (Å²) >= 11 is 1.39. The van der Waals surface area contributed by atoms with E-state index in [2.05, 4.69) is 24.1 Å². The van der Waals surface area contributed by atoms with Gasteiger partial charge in [0.1, 0.15) is 11.9 Å². The van der Waals surface area contributed by atoms with Crippen LogP contribution < -0.4 is 10.1 Å². The van der Waals surface area contributed by atoms with Gasteiger partial charge in [-0.2, -0.15) is 0 Å².